The van der Waals surface area contributed by atoms with E-state index in [1.54, 1.807) is 0 Å². The summed E-state index contributed by atoms with van der Waals surface area (Å²) in [6.45, 7) is -0.542. The summed E-state index contributed by atoms with van der Waals surface area (Å²) in [4.78, 5) is 16.4. The molecule has 0 aromatic carbocycles. The van der Waals surface area contributed by atoms with Crippen molar-refractivity contribution in [3.63, 3.8) is 0 Å². The molecule has 1 aromatic heterocycles. The van der Waals surface area contributed by atoms with Gasteiger partial charge in [0.1, 0.15) is 0 Å². The predicted octanol–water partition coefficient (Wildman–Crippen LogP) is 1.10. The highest BCUT2D eigenvalue weighted by molar-refractivity contribution is 5.04. The van der Waals surface area contributed by atoms with E-state index >= 15 is 0 Å². The van der Waals surface area contributed by atoms with Gasteiger partial charge in [0.25, 0.3) is 5.56 Å². The highest BCUT2D eigenvalue weighted by atomic mass is 19.4. The molecule has 0 saturated carbocycles. The second-order valence-corrected chi connectivity index (χ2v) is 2.46. The molecular weight excluding hydrogens is 201 g/mol. The van der Waals surface area contributed by atoms with Gasteiger partial charge in [-0.25, -0.2) is 4.98 Å². The average Bonchev–Trinajstić information content (AvgIpc) is 2.01. The zero-order valence-corrected chi connectivity index (χ0v) is 6.97. The van der Waals surface area contributed by atoms with Crippen LogP contribution in [-0.2, 0) is 0 Å². The van der Waals surface area contributed by atoms with E-state index in [0.717, 1.165) is 12.4 Å². The van der Waals surface area contributed by atoms with Crippen molar-refractivity contribution in [2.45, 2.75) is 12.6 Å². The van der Waals surface area contributed by atoms with Gasteiger partial charge in [0.05, 0.1) is 25.4 Å². The number of hydrogen-bond donors (Lipinski definition) is 1. The van der Waals surface area contributed by atoms with Gasteiger partial charge in [-0.1, -0.05) is 0 Å². The number of nitrogens with zero attached hydrogens (tertiary/aromatic N) is 1. The van der Waals surface area contributed by atoms with Gasteiger partial charge in [0, 0.05) is 0 Å². The number of rotatable bonds is 3. The fourth-order valence-corrected chi connectivity index (χ4v) is 0.701. The first-order valence-electron chi connectivity index (χ1n) is 3.72. The van der Waals surface area contributed by atoms with Crippen LogP contribution < -0.4 is 10.3 Å². The number of nitrogens with one attached hydrogen (secondary N) is 1. The van der Waals surface area contributed by atoms with Crippen LogP contribution >= 0.6 is 0 Å². The molecule has 0 saturated heterocycles. The van der Waals surface area contributed by atoms with Crippen LogP contribution in [0.4, 0.5) is 13.2 Å². The van der Waals surface area contributed by atoms with Gasteiger partial charge in [0.15, 0.2) is 0 Å². The van der Waals surface area contributed by atoms with E-state index < -0.39 is 24.8 Å². The SMILES string of the molecule is O=c1cc(OCCC(F)(F)F)nc[nH]1. The Hall–Kier alpha value is -1.53. The van der Waals surface area contributed by atoms with Crippen LogP contribution in [0.25, 0.3) is 0 Å². The maximum Gasteiger partial charge on any atom is 0.392 e. The molecule has 0 aliphatic heterocycles. The Morgan fingerprint density at radius 1 is 1.50 bits per heavy atom. The van der Waals surface area contributed by atoms with E-state index in [9.17, 15) is 18.0 Å². The molecule has 14 heavy (non-hydrogen) atoms. The molecule has 1 N–H and O–H groups in total. The summed E-state index contributed by atoms with van der Waals surface area (Å²) in [7, 11) is 0. The molecule has 0 aliphatic rings. The molecule has 1 aromatic rings. The summed E-state index contributed by atoms with van der Waals surface area (Å²) in [5.41, 5.74) is -0.470. The number of hydrogen-bond acceptors (Lipinski definition) is 3. The number of aromatic nitrogens is 2. The molecule has 0 amide bonds. The summed E-state index contributed by atoms with van der Waals surface area (Å²) < 4.78 is 39.6. The zero-order chi connectivity index (χ0) is 10.6. The van der Waals surface area contributed by atoms with E-state index in [0.29, 0.717) is 0 Å². The summed E-state index contributed by atoms with van der Waals surface area (Å²) in [6.07, 6.45) is -4.27. The first kappa shape index (κ1) is 10.6. The fraction of sp³-hybridized carbons (Fsp3) is 0.429. The second-order valence-electron chi connectivity index (χ2n) is 2.46. The third-order valence-corrected chi connectivity index (χ3v) is 1.29. The largest absolute Gasteiger partial charge is 0.477 e. The first-order valence-corrected chi connectivity index (χ1v) is 3.72. The minimum atomic E-state index is -4.26. The smallest absolute Gasteiger partial charge is 0.392 e. The standard InChI is InChI=1S/C7H7F3N2O2/c8-7(9,10)1-2-14-6-3-5(13)11-4-12-6/h3-4H,1-2H2,(H,11,12,13). The molecule has 0 radical (unpaired) electrons. The number of aromatic amines is 1. The predicted molar refractivity (Wildman–Crippen MR) is 41.0 cm³/mol. The maximum atomic E-state index is 11.7. The van der Waals surface area contributed by atoms with Crippen LogP contribution in [-0.4, -0.2) is 22.8 Å². The Morgan fingerprint density at radius 3 is 2.79 bits per heavy atom. The Labute approximate surface area is 76.7 Å². The lowest BCUT2D eigenvalue weighted by atomic mass is 10.4. The third kappa shape index (κ3) is 3.92. The molecule has 78 valence electrons. The molecule has 4 nitrogen and oxygen atoms in total. The van der Waals surface area contributed by atoms with Gasteiger partial charge < -0.3 is 9.72 Å². The van der Waals surface area contributed by atoms with Crippen LogP contribution in [0.5, 0.6) is 5.88 Å². The van der Waals surface area contributed by atoms with Gasteiger partial charge >= 0.3 is 6.18 Å². The lowest BCUT2D eigenvalue weighted by Gasteiger charge is -2.06. The lowest BCUT2D eigenvalue weighted by molar-refractivity contribution is -0.139. The van der Waals surface area contributed by atoms with E-state index in [2.05, 4.69) is 14.7 Å². The minimum Gasteiger partial charge on any atom is -0.477 e. The molecule has 7 heteroatoms. The molecule has 0 atom stereocenters. The highest BCUT2D eigenvalue weighted by Gasteiger charge is 2.26. The van der Waals surface area contributed by atoms with E-state index in [4.69, 9.17) is 0 Å². The van der Waals surface area contributed by atoms with Crippen molar-refractivity contribution in [1.82, 2.24) is 9.97 Å². The Kier molecular flexibility index (Phi) is 3.10. The summed E-state index contributed by atoms with van der Waals surface area (Å²) in [5.74, 6) is -0.113. The van der Waals surface area contributed by atoms with Crippen LogP contribution in [0, 0.1) is 0 Å². The monoisotopic (exact) mass is 208 g/mol. The van der Waals surface area contributed by atoms with Crippen molar-refractivity contribution in [2.75, 3.05) is 6.61 Å². The van der Waals surface area contributed by atoms with Crippen molar-refractivity contribution in [2.24, 2.45) is 0 Å². The van der Waals surface area contributed by atoms with Gasteiger partial charge in [-0.3, -0.25) is 4.79 Å². The normalized spacial score (nSPS) is 11.4. The van der Waals surface area contributed by atoms with Crippen molar-refractivity contribution in [3.05, 3.63) is 22.7 Å². The molecule has 0 bridgehead atoms. The van der Waals surface area contributed by atoms with Gasteiger partial charge in [-0.2, -0.15) is 13.2 Å². The first-order chi connectivity index (χ1) is 6.47. The minimum absolute atomic E-state index is 0.113. The van der Waals surface area contributed by atoms with Gasteiger partial charge in [-0.05, 0) is 0 Å². The zero-order valence-electron chi connectivity index (χ0n) is 6.97. The van der Waals surface area contributed by atoms with Crippen LogP contribution in [0.15, 0.2) is 17.2 Å². The van der Waals surface area contributed by atoms with Crippen molar-refractivity contribution < 1.29 is 17.9 Å². The number of H-pyrrole nitrogens is 1. The molecule has 1 rings (SSSR count). The van der Waals surface area contributed by atoms with E-state index in [-0.39, 0.29) is 5.88 Å². The molecule has 0 aliphatic carbocycles. The number of ether oxygens (including phenoxy) is 1. The van der Waals surface area contributed by atoms with Crippen LogP contribution in [0.2, 0.25) is 0 Å². The van der Waals surface area contributed by atoms with Gasteiger partial charge in [-0.15, -0.1) is 0 Å². The fourth-order valence-electron chi connectivity index (χ4n) is 0.701. The highest BCUT2D eigenvalue weighted by Crippen LogP contribution is 2.19. The number of halogens is 3. The lowest BCUT2D eigenvalue weighted by Crippen LogP contribution is -2.14. The molecule has 0 fully saturated rings. The van der Waals surface area contributed by atoms with Gasteiger partial charge in [0.2, 0.25) is 5.88 Å². The molecule has 0 spiro atoms. The number of alkyl halides is 3. The second kappa shape index (κ2) is 4.12. The third-order valence-electron chi connectivity index (χ3n) is 1.29. The van der Waals surface area contributed by atoms with Crippen molar-refractivity contribution >= 4 is 0 Å². The summed E-state index contributed by atoms with van der Waals surface area (Å²) in [6, 6.07) is 0.983. The van der Waals surface area contributed by atoms with E-state index in [1.165, 1.54) is 0 Å². The Balaban J connectivity index is 2.43. The molecule has 0 unspecified atom stereocenters. The molecular formula is C7H7F3N2O2. The van der Waals surface area contributed by atoms with Crippen LogP contribution in [0.1, 0.15) is 6.42 Å². The quantitative estimate of drug-likeness (QED) is 0.809. The summed E-state index contributed by atoms with van der Waals surface area (Å²) >= 11 is 0. The topological polar surface area (TPSA) is 55.0 Å². The van der Waals surface area contributed by atoms with Crippen molar-refractivity contribution in [1.29, 1.82) is 0 Å². The average molecular weight is 208 g/mol. The Bertz CT molecular complexity index is 347. The molecule has 1 heterocycles. The van der Waals surface area contributed by atoms with E-state index in [1.807, 2.05) is 0 Å². The maximum absolute atomic E-state index is 11.7. The Morgan fingerprint density at radius 2 is 2.21 bits per heavy atom. The van der Waals surface area contributed by atoms with Crippen LogP contribution in [0.3, 0.4) is 0 Å². The van der Waals surface area contributed by atoms with Crippen molar-refractivity contribution in [3.8, 4) is 5.88 Å². The summed E-state index contributed by atoms with van der Waals surface area (Å²) in [5, 5.41) is 0.